The number of hydrogen-bond acceptors (Lipinski definition) is 5. The number of carbonyl (C=O) groups is 2. The SMILES string of the molecule is CCCCCOC(=O)C1=C(C)NC2=C(C(=O)CCC2)[C@H]1c1ccccn1. The summed E-state index contributed by atoms with van der Waals surface area (Å²) >= 11 is 0. The quantitative estimate of drug-likeness (QED) is 0.622. The van der Waals surface area contributed by atoms with Crippen molar-refractivity contribution in [1.29, 1.82) is 0 Å². The number of carbonyl (C=O) groups excluding carboxylic acids is 2. The molecule has 0 saturated carbocycles. The van der Waals surface area contributed by atoms with Gasteiger partial charge in [0.25, 0.3) is 0 Å². The van der Waals surface area contributed by atoms with Gasteiger partial charge in [0.2, 0.25) is 0 Å². The molecule has 1 aliphatic carbocycles. The minimum atomic E-state index is -0.445. The van der Waals surface area contributed by atoms with Crippen LogP contribution >= 0.6 is 0 Å². The van der Waals surface area contributed by atoms with Gasteiger partial charge < -0.3 is 10.1 Å². The number of ether oxygens (including phenoxy) is 1. The number of nitrogens with zero attached hydrogens (tertiary/aromatic N) is 1. The lowest BCUT2D eigenvalue weighted by Gasteiger charge is -2.33. The summed E-state index contributed by atoms with van der Waals surface area (Å²) in [5, 5.41) is 3.29. The molecule has 1 aromatic heterocycles. The van der Waals surface area contributed by atoms with Crippen LogP contribution in [-0.4, -0.2) is 23.3 Å². The lowest BCUT2D eigenvalue weighted by atomic mass is 9.77. The van der Waals surface area contributed by atoms with Gasteiger partial charge in [-0.05, 0) is 38.3 Å². The van der Waals surface area contributed by atoms with Gasteiger partial charge in [-0.1, -0.05) is 25.8 Å². The Morgan fingerprint density at radius 1 is 1.31 bits per heavy atom. The van der Waals surface area contributed by atoms with E-state index in [1.54, 1.807) is 6.20 Å². The van der Waals surface area contributed by atoms with E-state index in [1.807, 2.05) is 25.1 Å². The van der Waals surface area contributed by atoms with Gasteiger partial charge in [-0.3, -0.25) is 9.78 Å². The summed E-state index contributed by atoms with van der Waals surface area (Å²) < 4.78 is 5.52. The Bertz CT molecular complexity index is 750. The lowest BCUT2D eigenvalue weighted by molar-refractivity contribution is -0.139. The first-order valence-corrected chi connectivity index (χ1v) is 9.45. The van der Waals surface area contributed by atoms with Crippen LogP contribution in [-0.2, 0) is 14.3 Å². The number of ketones is 1. The summed E-state index contributed by atoms with van der Waals surface area (Å²) in [5.74, 6) is -0.705. The number of unbranched alkanes of at least 4 members (excludes halogenated alkanes) is 2. The van der Waals surface area contributed by atoms with Gasteiger partial charge in [0, 0.05) is 29.6 Å². The van der Waals surface area contributed by atoms with Gasteiger partial charge in [-0.15, -0.1) is 0 Å². The smallest absolute Gasteiger partial charge is 0.336 e. The zero-order chi connectivity index (χ0) is 18.5. The molecule has 2 aliphatic rings. The molecular formula is C21H26N2O3. The van der Waals surface area contributed by atoms with Crippen molar-refractivity contribution in [2.45, 2.75) is 58.3 Å². The summed E-state index contributed by atoms with van der Waals surface area (Å²) in [6.45, 7) is 4.39. The van der Waals surface area contributed by atoms with Crippen LogP contribution in [0, 0.1) is 0 Å². The standard InChI is InChI=1S/C21H26N2O3/c1-3-4-7-13-26-21(25)18-14(2)23-16-10-8-11-17(24)19(16)20(18)15-9-5-6-12-22-15/h5-6,9,12,20,23H,3-4,7-8,10-11,13H2,1-2H3/t20-/m0/s1. The number of dihydropyridines is 1. The molecule has 0 radical (unpaired) electrons. The number of aromatic nitrogens is 1. The van der Waals surface area contributed by atoms with Crippen molar-refractivity contribution in [2.24, 2.45) is 0 Å². The van der Waals surface area contributed by atoms with E-state index in [9.17, 15) is 9.59 Å². The second kappa shape index (κ2) is 8.30. The predicted octanol–water partition coefficient (Wildman–Crippen LogP) is 3.78. The molecule has 1 aliphatic heterocycles. The minimum absolute atomic E-state index is 0.0955. The average Bonchev–Trinajstić information content (AvgIpc) is 2.65. The van der Waals surface area contributed by atoms with Gasteiger partial charge in [0.1, 0.15) is 0 Å². The normalized spacial score (nSPS) is 19.9. The van der Waals surface area contributed by atoms with Crippen LogP contribution in [0.2, 0.25) is 0 Å². The van der Waals surface area contributed by atoms with Crippen LogP contribution in [0.15, 0.2) is 46.9 Å². The van der Waals surface area contributed by atoms with Crippen molar-refractivity contribution in [3.8, 4) is 0 Å². The van der Waals surface area contributed by atoms with Crippen molar-refractivity contribution < 1.29 is 14.3 Å². The van der Waals surface area contributed by atoms with E-state index in [1.165, 1.54) is 0 Å². The van der Waals surface area contributed by atoms with Crippen LogP contribution in [0.5, 0.6) is 0 Å². The van der Waals surface area contributed by atoms with Gasteiger partial charge in [0.05, 0.1) is 23.8 Å². The Labute approximate surface area is 154 Å². The van der Waals surface area contributed by atoms with Gasteiger partial charge in [0.15, 0.2) is 5.78 Å². The molecule has 0 unspecified atom stereocenters. The molecule has 0 bridgehead atoms. The molecule has 2 heterocycles. The van der Waals surface area contributed by atoms with E-state index in [0.29, 0.717) is 24.2 Å². The molecule has 0 amide bonds. The van der Waals surface area contributed by atoms with Crippen LogP contribution in [0.25, 0.3) is 0 Å². The lowest BCUT2D eigenvalue weighted by Crippen LogP contribution is -2.34. The topological polar surface area (TPSA) is 68.3 Å². The predicted molar refractivity (Wildman–Crippen MR) is 99.2 cm³/mol. The second-order valence-corrected chi connectivity index (χ2v) is 6.86. The third kappa shape index (κ3) is 3.71. The van der Waals surface area contributed by atoms with E-state index >= 15 is 0 Å². The molecule has 1 aromatic rings. The zero-order valence-electron chi connectivity index (χ0n) is 15.5. The zero-order valence-corrected chi connectivity index (χ0v) is 15.5. The van der Waals surface area contributed by atoms with Crippen molar-refractivity contribution in [3.63, 3.8) is 0 Å². The highest BCUT2D eigenvalue weighted by Gasteiger charge is 2.39. The number of pyridine rings is 1. The number of esters is 1. The maximum Gasteiger partial charge on any atom is 0.336 e. The number of nitrogens with one attached hydrogen (secondary N) is 1. The molecule has 0 aromatic carbocycles. The Kier molecular flexibility index (Phi) is 5.86. The molecule has 0 spiro atoms. The first-order chi connectivity index (χ1) is 12.6. The Hall–Kier alpha value is -2.43. The van der Waals surface area contributed by atoms with Gasteiger partial charge in [-0.25, -0.2) is 4.79 Å². The number of Topliss-reactive ketones (excluding diaryl/α,β-unsaturated/α-hetero) is 1. The molecule has 138 valence electrons. The maximum atomic E-state index is 12.9. The van der Waals surface area contributed by atoms with Crippen molar-refractivity contribution >= 4 is 11.8 Å². The van der Waals surface area contributed by atoms with Crippen molar-refractivity contribution in [1.82, 2.24) is 10.3 Å². The molecule has 26 heavy (non-hydrogen) atoms. The van der Waals surface area contributed by atoms with Crippen LogP contribution in [0.4, 0.5) is 0 Å². The monoisotopic (exact) mass is 354 g/mol. The molecule has 5 nitrogen and oxygen atoms in total. The van der Waals surface area contributed by atoms with Crippen LogP contribution in [0.1, 0.15) is 64.0 Å². The molecular weight excluding hydrogens is 328 g/mol. The van der Waals surface area contributed by atoms with E-state index in [2.05, 4.69) is 17.2 Å². The average molecular weight is 354 g/mol. The van der Waals surface area contributed by atoms with Crippen molar-refractivity contribution in [3.05, 3.63) is 52.6 Å². The maximum absolute atomic E-state index is 12.9. The Morgan fingerprint density at radius 2 is 2.15 bits per heavy atom. The molecule has 3 rings (SSSR count). The third-order valence-electron chi connectivity index (χ3n) is 4.96. The Morgan fingerprint density at radius 3 is 2.88 bits per heavy atom. The number of allylic oxidation sites excluding steroid dienone is 3. The summed E-state index contributed by atoms with van der Waals surface area (Å²) in [6.07, 6.45) is 6.82. The first kappa shape index (κ1) is 18.4. The molecule has 0 fully saturated rings. The van der Waals surface area contributed by atoms with E-state index in [0.717, 1.165) is 49.2 Å². The molecule has 1 atom stereocenters. The van der Waals surface area contributed by atoms with E-state index in [4.69, 9.17) is 4.74 Å². The third-order valence-corrected chi connectivity index (χ3v) is 4.96. The summed E-state index contributed by atoms with van der Waals surface area (Å²) in [5.41, 5.74) is 3.60. The largest absolute Gasteiger partial charge is 0.462 e. The van der Waals surface area contributed by atoms with Crippen LogP contribution < -0.4 is 5.32 Å². The highest BCUT2D eigenvalue weighted by Crippen LogP contribution is 2.41. The molecule has 0 saturated heterocycles. The number of hydrogen-bond donors (Lipinski definition) is 1. The van der Waals surface area contributed by atoms with Gasteiger partial charge >= 0.3 is 5.97 Å². The highest BCUT2D eigenvalue weighted by atomic mass is 16.5. The fourth-order valence-corrected chi connectivity index (χ4v) is 3.69. The highest BCUT2D eigenvalue weighted by molar-refractivity contribution is 6.03. The first-order valence-electron chi connectivity index (χ1n) is 9.45. The fraction of sp³-hybridized carbons (Fsp3) is 0.476. The molecule has 1 N–H and O–H groups in total. The van der Waals surface area contributed by atoms with Gasteiger partial charge in [-0.2, -0.15) is 0 Å². The summed E-state index contributed by atoms with van der Waals surface area (Å²) in [6, 6.07) is 5.60. The number of rotatable bonds is 6. The van der Waals surface area contributed by atoms with Crippen molar-refractivity contribution in [2.75, 3.05) is 6.61 Å². The van der Waals surface area contributed by atoms with Crippen LogP contribution in [0.3, 0.4) is 0 Å². The van der Waals surface area contributed by atoms with E-state index in [-0.39, 0.29) is 11.8 Å². The fourth-order valence-electron chi connectivity index (χ4n) is 3.69. The summed E-state index contributed by atoms with van der Waals surface area (Å²) in [4.78, 5) is 30.0. The van der Waals surface area contributed by atoms with E-state index < -0.39 is 5.92 Å². The summed E-state index contributed by atoms with van der Waals surface area (Å²) in [7, 11) is 0. The minimum Gasteiger partial charge on any atom is -0.462 e. The Balaban J connectivity index is 1.95. The second-order valence-electron chi connectivity index (χ2n) is 6.86. The molecule has 5 heteroatoms.